The van der Waals surface area contributed by atoms with E-state index in [1.54, 1.807) is 0 Å². The Morgan fingerprint density at radius 3 is 2.18 bits per heavy atom. The van der Waals surface area contributed by atoms with Crippen LogP contribution in [-0.4, -0.2) is 38.1 Å². The second-order valence-electron chi connectivity index (χ2n) is 3.44. The zero-order valence-electron chi connectivity index (χ0n) is 8.52. The molecule has 0 aromatic rings. The van der Waals surface area contributed by atoms with Gasteiger partial charge in [0.1, 0.15) is 0 Å². The number of hydrogen-bond donors (Lipinski definition) is 1. The van der Waals surface area contributed by atoms with E-state index < -0.39 is 0 Å². The number of rotatable bonds is 5. The van der Waals surface area contributed by atoms with Gasteiger partial charge in [-0.2, -0.15) is 0 Å². The maximum atomic E-state index is 3.22. The van der Waals surface area contributed by atoms with Gasteiger partial charge in [0.05, 0.1) is 0 Å². The predicted molar refractivity (Wildman–Crippen MR) is 50.9 cm³/mol. The average Bonchev–Trinajstić information content (AvgIpc) is 1.98. The Labute approximate surface area is 71.0 Å². The largest absolute Gasteiger partial charge is 0.318 e. The molecule has 0 heterocycles. The Balaban J connectivity index is 3.87. The Morgan fingerprint density at radius 1 is 1.36 bits per heavy atom. The van der Waals surface area contributed by atoms with Crippen LogP contribution in [0, 0.1) is 5.92 Å². The van der Waals surface area contributed by atoms with Gasteiger partial charge in [-0.1, -0.05) is 20.8 Å². The van der Waals surface area contributed by atoms with Crippen molar-refractivity contribution in [3.63, 3.8) is 0 Å². The normalized spacial score (nSPS) is 14.5. The first kappa shape index (κ1) is 10.9. The van der Waals surface area contributed by atoms with E-state index in [0.717, 1.165) is 19.0 Å². The highest BCUT2D eigenvalue weighted by Gasteiger charge is 2.15. The first-order valence-corrected chi connectivity index (χ1v) is 4.48. The molecule has 0 saturated heterocycles. The van der Waals surface area contributed by atoms with Crippen molar-refractivity contribution in [1.29, 1.82) is 0 Å². The summed E-state index contributed by atoms with van der Waals surface area (Å²) in [4.78, 5) is 2.39. The zero-order chi connectivity index (χ0) is 8.85. The lowest BCUT2D eigenvalue weighted by atomic mass is 10.0. The second kappa shape index (κ2) is 5.56. The number of nitrogens with one attached hydrogen (secondary N) is 1. The fraction of sp³-hybridized carbons (Fsp3) is 1.00. The van der Waals surface area contributed by atoms with Crippen LogP contribution < -0.4 is 5.32 Å². The summed E-state index contributed by atoms with van der Waals surface area (Å²) >= 11 is 0. The van der Waals surface area contributed by atoms with Gasteiger partial charge in [0, 0.05) is 12.6 Å². The molecule has 0 amide bonds. The van der Waals surface area contributed by atoms with Crippen molar-refractivity contribution < 1.29 is 0 Å². The maximum absolute atomic E-state index is 3.22. The molecule has 1 atom stereocenters. The summed E-state index contributed by atoms with van der Waals surface area (Å²) in [5.74, 6) is 0.729. The summed E-state index contributed by atoms with van der Waals surface area (Å²) in [6.45, 7) is 8.96. The molecule has 0 rings (SSSR count). The van der Waals surface area contributed by atoms with Gasteiger partial charge in [-0.3, -0.25) is 0 Å². The third kappa shape index (κ3) is 3.73. The van der Waals surface area contributed by atoms with Gasteiger partial charge >= 0.3 is 0 Å². The van der Waals surface area contributed by atoms with Gasteiger partial charge in [0.2, 0.25) is 0 Å². The smallest absolute Gasteiger partial charge is 0.0240 e. The van der Waals surface area contributed by atoms with Crippen LogP contribution >= 0.6 is 0 Å². The van der Waals surface area contributed by atoms with Crippen LogP contribution in [0.2, 0.25) is 0 Å². The molecule has 2 nitrogen and oxygen atoms in total. The zero-order valence-corrected chi connectivity index (χ0v) is 8.52. The van der Waals surface area contributed by atoms with Gasteiger partial charge in [-0.15, -0.1) is 0 Å². The maximum Gasteiger partial charge on any atom is 0.0240 e. The molecule has 0 aliphatic rings. The number of hydrogen-bond acceptors (Lipinski definition) is 2. The van der Waals surface area contributed by atoms with Gasteiger partial charge in [-0.05, 0) is 26.6 Å². The van der Waals surface area contributed by atoms with Gasteiger partial charge in [-0.25, -0.2) is 0 Å². The van der Waals surface area contributed by atoms with E-state index in [0.29, 0.717) is 6.04 Å². The Hall–Kier alpha value is -0.0800. The van der Waals surface area contributed by atoms with Crippen molar-refractivity contribution >= 4 is 0 Å². The van der Waals surface area contributed by atoms with Gasteiger partial charge in [0.25, 0.3) is 0 Å². The highest BCUT2D eigenvalue weighted by atomic mass is 15.1. The van der Waals surface area contributed by atoms with Crippen molar-refractivity contribution in [2.24, 2.45) is 5.92 Å². The van der Waals surface area contributed by atoms with Crippen molar-refractivity contribution in [3.05, 3.63) is 0 Å². The summed E-state index contributed by atoms with van der Waals surface area (Å²) in [6.07, 6.45) is 0. The van der Waals surface area contributed by atoms with E-state index in [1.807, 2.05) is 7.05 Å². The van der Waals surface area contributed by atoms with Crippen LogP contribution in [0.1, 0.15) is 20.8 Å². The van der Waals surface area contributed by atoms with Crippen molar-refractivity contribution in [3.8, 4) is 0 Å². The average molecular weight is 158 g/mol. The van der Waals surface area contributed by atoms with Crippen molar-refractivity contribution in [2.45, 2.75) is 26.8 Å². The fourth-order valence-electron chi connectivity index (χ4n) is 1.34. The molecule has 1 N–H and O–H groups in total. The Morgan fingerprint density at radius 2 is 1.91 bits per heavy atom. The molecular weight excluding hydrogens is 136 g/mol. The molecule has 68 valence electrons. The van der Waals surface area contributed by atoms with Crippen LogP contribution in [0.25, 0.3) is 0 Å². The molecule has 0 aliphatic carbocycles. The van der Waals surface area contributed by atoms with Crippen LogP contribution in [0.15, 0.2) is 0 Å². The second-order valence-corrected chi connectivity index (χ2v) is 3.44. The van der Waals surface area contributed by atoms with Crippen LogP contribution in [0.5, 0.6) is 0 Å². The van der Waals surface area contributed by atoms with Gasteiger partial charge in [0.15, 0.2) is 0 Å². The lowest BCUT2D eigenvalue weighted by Gasteiger charge is -2.29. The minimum atomic E-state index is 0.671. The SMILES string of the molecule is CCN(C)C(CNC)C(C)C. The van der Waals surface area contributed by atoms with E-state index in [9.17, 15) is 0 Å². The third-order valence-corrected chi connectivity index (χ3v) is 2.25. The molecule has 11 heavy (non-hydrogen) atoms. The van der Waals surface area contributed by atoms with E-state index in [2.05, 4.69) is 38.0 Å². The molecule has 0 bridgehead atoms. The minimum Gasteiger partial charge on any atom is -0.318 e. The van der Waals surface area contributed by atoms with Crippen molar-refractivity contribution in [2.75, 3.05) is 27.2 Å². The lowest BCUT2D eigenvalue weighted by Crippen LogP contribution is -2.42. The van der Waals surface area contributed by atoms with Crippen LogP contribution in [0.3, 0.4) is 0 Å². The summed E-state index contributed by atoms with van der Waals surface area (Å²) in [5.41, 5.74) is 0. The Kier molecular flexibility index (Phi) is 5.51. The molecule has 2 heteroatoms. The number of likely N-dealkylation sites (N-methyl/N-ethyl adjacent to an activating group) is 2. The van der Waals surface area contributed by atoms with Crippen LogP contribution in [-0.2, 0) is 0 Å². The van der Waals surface area contributed by atoms with Crippen LogP contribution in [0.4, 0.5) is 0 Å². The number of nitrogens with zero attached hydrogens (tertiary/aromatic N) is 1. The highest BCUT2D eigenvalue weighted by molar-refractivity contribution is 4.72. The van der Waals surface area contributed by atoms with E-state index >= 15 is 0 Å². The molecule has 0 aromatic carbocycles. The molecular formula is C9H22N2. The molecule has 1 unspecified atom stereocenters. The summed E-state index contributed by atoms with van der Waals surface area (Å²) in [6, 6.07) is 0.671. The quantitative estimate of drug-likeness (QED) is 0.646. The third-order valence-electron chi connectivity index (χ3n) is 2.25. The summed E-state index contributed by atoms with van der Waals surface area (Å²) in [7, 11) is 4.20. The fourth-order valence-corrected chi connectivity index (χ4v) is 1.34. The first-order chi connectivity index (χ1) is 5.13. The molecule has 0 spiro atoms. The van der Waals surface area contributed by atoms with E-state index in [-0.39, 0.29) is 0 Å². The molecule has 0 fully saturated rings. The van der Waals surface area contributed by atoms with Gasteiger partial charge < -0.3 is 10.2 Å². The Bertz CT molecular complexity index is 91.6. The van der Waals surface area contributed by atoms with Crippen molar-refractivity contribution in [1.82, 2.24) is 10.2 Å². The lowest BCUT2D eigenvalue weighted by molar-refractivity contribution is 0.198. The first-order valence-electron chi connectivity index (χ1n) is 4.48. The molecule has 0 radical (unpaired) electrons. The highest BCUT2D eigenvalue weighted by Crippen LogP contribution is 2.06. The van der Waals surface area contributed by atoms with E-state index in [1.165, 1.54) is 0 Å². The molecule has 0 aromatic heterocycles. The molecule has 0 saturated carbocycles. The summed E-state index contributed by atoms with van der Waals surface area (Å²) < 4.78 is 0. The predicted octanol–water partition coefficient (Wildman–Crippen LogP) is 1.18. The topological polar surface area (TPSA) is 15.3 Å². The standard InChI is InChI=1S/C9H22N2/c1-6-11(5)9(7-10-4)8(2)3/h8-10H,6-7H2,1-5H3. The monoisotopic (exact) mass is 158 g/mol. The molecule has 0 aliphatic heterocycles. The van der Waals surface area contributed by atoms with E-state index in [4.69, 9.17) is 0 Å². The summed E-state index contributed by atoms with van der Waals surface area (Å²) in [5, 5.41) is 3.22. The minimum absolute atomic E-state index is 0.671.